The number of nitrogens with zero attached hydrogens (tertiary/aromatic N) is 1. The molecule has 1 N–H and O–H groups in total. The van der Waals surface area contributed by atoms with E-state index < -0.39 is 0 Å². The minimum absolute atomic E-state index is 0.0178. The third-order valence-corrected chi connectivity index (χ3v) is 3.49. The summed E-state index contributed by atoms with van der Waals surface area (Å²) >= 11 is 0. The number of methoxy groups -OCH3 is 1. The molecule has 0 saturated carbocycles. The van der Waals surface area contributed by atoms with Crippen LogP contribution in [0.15, 0.2) is 47.1 Å². The lowest BCUT2D eigenvalue weighted by molar-refractivity contribution is -0.120. The van der Waals surface area contributed by atoms with Crippen LogP contribution in [0, 0.1) is 0 Å². The third kappa shape index (κ3) is 4.36. The topological polar surface area (TPSA) is 54.7 Å². The number of hydrogen-bond acceptors (Lipinski definition) is 4. The number of rotatable bonds is 7. The van der Waals surface area contributed by atoms with Crippen LogP contribution >= 0.6 is 0 Å². The lowest BCUT2D eigenvalue weighted by atomic mass is 10.1. The highest BCUT2D eigenvalue weighted by Gasteiger charge is 2.17. The van der Waals surface area contributed by atoms with E-state index in [-0.39, 0.29) is 11.9 Å². The predicted molar refractivity (Wildman–Crippen MR) is 84.8 cm³/mol. The molecule has 0 aliphatic heterocycles. The Bertz CT molecular complexity index is 594. The smallest absolute Gasteiger partial charge is 0.224 e. The van der Waals surface area contributed by atoms with Crippen LogP contribution in [0.1, 0.15) is 17.4 Å². The molecule has 2 rings (SSSR count). The van der Waals surface area contributed by atoms with Crippen molar-refractivity contribution in [3.8, 4) is 5.75 Å². The molecule has 0 bridgehead atoms. The van der Waals surface area contributed by atoms with Crippen molar-refractivity contribution >= 4 is 5.91 Å². The summed E-state index contributed by atoms with van der Waals surface area (Å²) in [6.45, 7) is 0.503. The summed E-state index contributed by atoms with van der Waals surface area (Å²) in [5, 5.41) is 2.96. The zero-order chi connectivity index (χ0) is 15.9. The Hall–Kier alpha value is -2.27. The number of amides is 1. The molecule has 0 aliphatic rings. The van der Waals surface area contributed by atoms with E-state index in [1.807, 2.05) is 55.4 Å². The largest absolute Gasteiger partial charge is 0.497 e. The van der Waals surface area contributed by atoms with Gasteiger partial charge in [0.15, 0.2) is 0 Å². The van der Waals surface area contributed by atoms with Gasteiger partial charge in [-0.15, -0.1) is 0 Å². The summed E-state index contributed by atoms with van der Waals surface area (Å²) in [6.07, 6.45) is 1.97. The number of carbonyl (C=O) groups is 1. The Morgan fingerprint density at radius 2 is 2.14 bits per heavy atom. The SMILES string of the molecule is COc1cccc(CC(=O)NCC(c2ccco2)N(C)C)c1. The van der Waals surface area contributed by atoms with E-state index >= 15 is 0 Å². The minimum Gasteiger partial charge on any atom is -0.497 e. The van der Waals surface area contributed by atoms with Crippen LogP contribution in [0.5, 0.6) is 5.75 Å². The highest BCUT2D eigenvalue weighted by atomic mass is 16.5. The average molecular weight is 302 g/mol. The predicted octanol–water partition coefficient (Wildman–Crippen LogP) is 2.25. The van der Waals surface area contributed by atoms with Crippen molar-refractivity contribution in [1.29, 1.82) is 0 Å². The van der Waals surface area contributed by atoms with E-state index in [9.17, 15) is 4.79 Å². The van der Waals surface area contributed by atoms with Crippen LogP contribution in [0.3, 0.4) is 0 Å². The number of furan rings is 1. The molecule has 1 heterocycles. The second-order valence-corrected chi connectivity index (χ2v) is 5.33. The molecule has 22 heavy (non-hydrogen) atoms. The fourth-order valence-corrected chi connectivity index (χ4v) is 2.26. The maximum atomic E-state index is 12.1. The van der Waals surface area contributed by atoms with Gasteiger partial charge in [-0.25, -0.2) is 0 Å². The molecule has 0 spiro atoms. The molecule has 0 saturated heterocycles. The van der Waals surface area contributed by atoms with Gasteiger partial charge < -0.3 is 14.5 Å². The Kier molecular flexibility index (Phi) is 5.61. The Morgan fingerprint density at radius 1 is 1.32 bits per heavy atom. The van der Waals surface area contributed by atoms with Crippen molar-refractivity contribution in [2.24, 2.45) is 0 Å². The number of carbonyl (C=O) groups excluding carboxylic acids is 1. The number of nitrogens with one attached hydrogen (secondary N) is 1. The summed E-state index contributed by atoms with van der Waals surface area (Å²) in [5.41, 5.74) is 0.927. The van der Waals surface area contributed by atoms with Crippen LogP contribution in [-0.4, -0.2) is 38.6 Å². The molecular weight excluding hydrogens is 280 g/mol. The summed E-state index contributed by atoms with van der Waals surface area (Å²) in [4.78, 5) is 14.1. The van der Waals surface area contributed by atoms with Gasteiger partial charge in [0.05, 0.1) is 25.8 Å². The fraction of sp³-hybridized carbons (Fsp3) is 0.353. The molecule has 1 atom stereocenters. The lowest BCUT2D eigenvalue weighted by Gasteiger charge is -2.22. The van der Waals surface area contributed by atoms with Gasteiger partial charge in [0.25, 0.3) is 0 Å². The zero-order valence-corrected chi connectivity index (χ0v) is 13.2. The van der Waals surface area contributed by atoms with Crippen molar-refractivity contribution in [2.45, 2.75) is 12.5 Å². The molecule has 2 aromatic rings. The lowest BCUT2D eigenvalue weighted by Crippen LogP contribution is -2.35. The molecular formula is C17H22N2O3. The Labute approximate surface area is 130 Å². The van der Waals surface area contributed by atoms with Gasteiger partial charge in [-0.05, 0) is 43.9 Å². The molecule has 118 valence electrons. The first-order chi connectivity index (χ1) is 10.6. The highest BCUT2D eigenvalue weighted by Crippen LogP contribution is 2.18. The normalized spacial score (nSPS) is 12.2. The highest BCUT2D eigenvalue weighted by molar-refractivity contribution is 5.78. The van der Waals surface area contributed by atoms with E-state index in [2.05, 4.69) is 5.32 Å². The third-order valence-electron chi connectivity index (χ3n) is 3.49. The maximum Gasteiger partial charge on any atom is 0.224 e. The first-order valence-electron chi connectivity index (χ1n) is 7.19. The number of likely N-dealkylation sites (N-methyl/N-ethyl adjacent to an activating group) is 1. The first-order valence-corrected chi connectivity index (χ1v) is 7.19. The Morgan fingerprint density at radius 3 is 2.77 bits per heavy atom. The van der Waals surface area contributed by atoms with Crippen molar-refractivity contribution in [2.75, 3.05) is 27.7 Å². The van der Waals surface area contributed by atoms with Gasteiger partial charge in [-0.1, -0.05) is 12.1 Å². The van der Waals surface area contributed by atoms with Crippen molar-refractivity contribution in [3.05, 3.63) is 54.0 Å². The van der Waals surface area contributed by atoms with Crippen molar-refractivity contribution < 1.29 is 13.9 Å². The summed E-state index contributed by atoms with van der Waals surface area (Å²) in [7, 11) is 5.53. The van der Waals surface area contributed by atoms with E-state index in [1.165, 1.54) is 0 Å². The zero-order valence-electron chi connectivity index (χ0n) is 13.2. The molecule has 1 amide bonds. The quantitative estimate of drug-likeness (QED) is 0.852. The number of hydrogen-bond donors (Lipinski definition) is 1. The monoisotopic (exact) mass is 302 g/mol. The fourth-order valence-electron chi connectivity index (χ4n) is 2.26. The molecule has 1 aromatic heterocycles. The molecule has 0 radical (unpaired) electrons. The average Bonchev–Trinajstić information content (AvgIpc) is 3.01. The van der Waals surface area contributed by atoms with Gasteiger partial charge in [-0.2, -0.15) is 0 Å². The minimum atomic E-state index is -0.0216. The number of benzene rings is 1. The second kappa shape index (κ2) is 7.66. The van der Waals surface area contributed by atoms with Gasteiger partial charge in [-0.3, -0.25) is 9.69 Å². The molecule has 0 aliphatic carbocycles. The van der Waals surface area contributed by atoms with Crippen LogP contribution in [-0.2, 0) is 11.2 Å². The van der Waals surface area contributed by atoms with Gasteiger partial charge in [0, 0.05) is 6.54 Å². The molecule has 5 nitrogen and oxygen atoms in total. The summed E-state index contributed by atoms with van der Waals surface area (Å²) in [6, 6.07) is 11.3. The van der Waals surface area contributed by atoms with Gasteiger partial charge >= 0.3 is 0 Å². The molecule has 1 aromatic carbocycles. The van der Waals surface area contributed by atoms with Gasteiger partial charge in [0.2, 0.25) is 5.91 Å². The molecule has 1 unspecified atom stereocenters. The van der Waals surface area contributed by atoms with Crippen molar-refractivity contribution in [1.82, 2.24) is 10.2 Å². The van der Waals surface area contributed by atoms with E-state index in [4.69, 9.17) is 9.15 Å². The van der Waals surface area contributed by atoms with E-state index in [1.54, 1.807) is 13.4 Å². The standard InChI is InChI=1S/C17H22N2O3/c1-19(2)15(16-8-5-9-22-16)12-18-17(20)11-13-6-4-7-14(10-13)21-3/h4-10,15H,11-12H2,1-3H3,(H,18,20). The molecule has 0 fully saturated rings. The maximum absolute atomic E-state index is 12.1. The van der Waals surface area contributed by atoms with E-state index in [0.717, 1.165) is 17.1 Å². The first kappa shape index (κ1) is 16.1. The van der Waals surface area contributed by atoms with E-state index in [0.29, 0.717) is 13.0 Å². The van der Waals surface area contributed by atoms with Crippen LogP contribution < -0.4 is 10.1 Å². The summed E-state index contributed by atoms with van der Waals surface area (Å²) < 4.78 is 10.6. The Balaban J connectivity index is 1.91. The molecule has 5 heteroatoms. The number of ether oxygens (including phenoxy) is 1. The van der Waals surface area contributed by atoms with Crippen LogP contribution in [0.2, 0.25) is 0 Å². The summed E-state index contributed by atoms with van der Waals surface area (Å²) in [5.74, 6) is 1.57. The van der Waals surface area contributed by atoms with Gasteiger partial charge in [0.1, 0.15) is 11.5 Å². The second-order valence-electron chi connectivity index (χ2n) is 5.33. The van der Waals surface area contributed by atoms with Crippen LogP contribution in [0.4, 0.5) is 0 Å². The van der Waals surface area contributed by atoms with Crippen molar-refractivity contribution in [3.63, 3.8) is 0 Å². The van der Waals surface area contributed by atoms with Crippen LogP contribution in [0.25, 0.3) is 0 Å².